The maximum atomic E-state index is 14.8. The molecule has 1 saturated carbocycles. The molecule has 0 bridgehead atoms. The average molecular weight is 356 g/mol. The Kier molecular flexibility index (Phi) is 4.73. The molecule has 136 valence electrons. The van der Waals surface area contributed by atoms with E-state index >= 15 is 0 Å². The van der Waals surface area contributed by atoms with Gasteiger partial charge in [-0.2, -0.15) is 0 Å². The van der Waals surface area contributed by atoms with Crippen molar-refractivity contribution in [3.05, 3.63) is 34.9 Å². The molecule has 1 aliphatic heterocycles. The standard InChI is InChI=1S/C17H19F3N2O3/c18-12-5-10(9-22-3-1-2-4-22)6-13(19)14(12)17(20)7-11(8-17)15(23)25-16(21)24/h5-6,11H,1-4,7-9H2,(H2,21,24). The molecular formula is C17H19F3N2O3. The lowest BCUT2D eigenvalue weighted by Gasteiger charge is -2.40. The number of amides is 1. The molecular weight excluding hydrogens is 337 g/mol. The van der Waals surface area contributed by atoms with Gasteiger partial charge in [-0.15, -0.1) is 0 Å². The lowest BCUT2D eigenvalue weighted by atomic mass is 9.68. The van der Waals surface area contributed by atoms with Crippen molar-refractivity contribution in [1.29, 1.82) is 0 Å². The van der Waals surface area contributed by atoms with E-state index in [0.717, 1.165) is 38.1 Å². The highest BCUT2D eigenvalue weighted by Gasteiger charge is 2.53. The number of halogens is 3. The maximum absolute atomic E-state index is 14.8. The van der Waals surface area contributed by atoms with Gasteiger partial charge in [-0.05, 0) is 56.5 Å². The molecule has 3 rings (SSSR count). The van der Waals surface area contributed by atoms with Crippen molar-refractivity contribution in [2.45, 2.75) is 37.9 Å². The first-order valence-electron chi connectivity index (χ1n) is 8.19. The van der Waals surface area contributed by atoms with Gasteiger partial charge < -0.3 is 10.5 Å². The summed E-state index contributed by atoms with van der Waals surface area (Å²) in [6, 6.07) is 2.29. The van der Waals surface area contributed by atoms with Crippen LogP contribution in [0.2, 0.25) is 0 Å². The zero-order chi connectivity index (χ0) is 18.2. The van der Waals surface area contributed by atoms with Crippen LogP contribution in [-0.4, -0.2) is 30.1 Å². The number of hydrogen-bond donors (Lipinski definition) is 1. The van der Waals surface area contributed by atoms with Crippen LogP contribution in [-0.2, 0) is 21.7 Å². The Balaban J connectivity index is 1.72. The summed E-state index contributed by atoms with van der Waals surface area (Å²) in [6.07, 6.45) is -0.0691. The number of nitrogens with two attached hydrogens (primary N) is 1. The van der Waals surface area contributed by atoms with Gasteiger partial charge in [-0.1, -0.05) is 0 Å². The molecule has 0 radical (unpaired) electrons. The molecule has 1 aromatic carbocycles. The summed E-state index contributed by atoms with van der Waals surface area (Å²) in [5.74, 6) is -3.84. The third-order valence-corrected chi connectivity index (χ3v) is 4.83. The molecule has 0 atom stereocenters. The van der Waals surface area contributed by atoms with Crippen LogP contribution >= 0.6 is 0 Å². The molecule has 1 amide bonds. The van der Waals surface area contributed by atoms with E-state index in [0.29, 0.717) is 12.1 Å². The number of carbonyl (C=O) groups excluding carboxylic acids is 2. The molecule has 1 saturated heterocycles. The number of primary amides is 1. The van der Waals surface area contributed by atoms with Gasteiger partial charge in [-0.3, -0.25) is 9.69 Å². The number of likely N-dealkylation sites (tertiary alicyclic amines) is 1. The topological polar surface area (TPSA) is 72.6 Å². The van der Waals surface area contributed by atoms with Crippen molar-refractivity contribution < 1.29 is 27.5 Å². The Bertz CT molecular complexity index is 675. The van der Waals surface area contributed by atoms with Gasteiger partial charge in [0, 0.05) is 6.54 Å². The lowest BCUT2D eigenvalue weighted by molar-refractivity contribution is -0.152. The minimum Gasteiger partial charge on any atom is -0.376 e. The summed E-state index contributed by atoms with van der Waals surface area (Å²) in [7, 11) is 0. The zero-order valence-electron chi connectivity index (χ0n) is 13.6. The Morgan fingerprint density at radius 3 is 2.28 bits per heavy atom. The average Bonchev–Trinajstić information content (AvgIpc) is 2.95. The minimum absolute atomic E-state index is 0.418. The van der Waals surface area contributed by atoms with Crippen LogP contribution in [0, 0.1) is 17.6 Å². The third kappa shape index (κ3) is 3.63. The second kappa shape index (κ2) is 6.67. The Morgan fingerprint density at radius 1 is 1.20 bits per heavy atom. The zero-order valence-corrected chi connectivity index (χ0v) is 13.6. The predicted molar refractivity (Wildman–Crippen MR) is 82.1 cm³/mol. The van der Waals surface area contributed by atoms with E-state index in [2.05, 4.69) is 9.64 Å². The second-order valence-electron chi connectivity index (χ2n) is 6.73. The number of ether oxygens (including phenoxy) is 1. The van der Waals surface area contributed by atoms with E-state index in [4.69, 9.17) is 5.73 Å². The predicted octanol–water partition coefficient (Wildman–Crippen LogP) is 2.76. The number of rotatable bonds is 4. The van der Waals surface area contributed by atoms with Crippen molar-refractivity contribution in [1.82, 2.24) is 4.90 Å². The molecule has 0 aromatic heterocycles. The van der Waals surface area contributed by atoms with E-state index in [1.54, 1.807) is 0 Å². The highest BCUT2D eigenvalue weighted by Crippen LogP contribution is 2.51. The van der Waals surface area contributed by atoms with Gasteiger partial charge >= 0.3 is 12.1 Å². The lowest BCUT2D eigenvalue weighted by Crippen LogP contribution is -2.44. The second-order valence-corrected chi connectivity index (χ2v) is 6.73. The number of hydrogen-bond acceptors (Lipinski definition) is 4. The molecule has 0 spiro atoms. The molecule has 5 nitrogen and oxygen atoms in total. The first-order chi connectivity index (χ1) is 11.8. The Hall–Kier alpha value is -2.09. The molecule has 1 aromatic rings. The van der Waals surface area contributed by atoms with Gasteiger partial charge in [-0.25, -0.2) is 18.0 Å². The fourth-order valence-corrected chi connectivity index (χ4v) is 3.62. The van der Waals surface area contributed by atoms with Gasteiger partial charge in [0.15, 0.2) is 0 Å². The van der Waals surface area contributed by atoms with Crippen LogP contribution in [0.25, 0.3) is 0 Å². The largest absolute Gasteiger partial charge is 0.412 e. The maximum Gasteiger partial charge on any atom is 0.412 e. The molecule has 2 N–H and O–H groups in total. The number of esters is 1. The Morgan fingerprint density at radius 2 is 1.76 bits per heavy atom. The fourth-order valence-electron chi connectivity index (χ4n) is 3.62. The number of carbonyl (C=O) groups is 2. The smallest absolute Gasteiger partial charge is 0.376 e. The monoisotopic (exact) mass is 356 g/mol. The molecule has 2 aliphatic rings. The normalized spacial score (nSPS) is 26.3. The number of nitrogens with zero attached hydrogens (tertiary/aromatic N) is 1. The summed E-state index contributed by atoms with van der Waals surface area (Å²) in [6.45, 7) is 2.17. The summed E-state index contributed by atoms with van der Waals surface area (Å²) in [5, 5.41) is 0. The highest BCUT2D eigenvalue weighted by atomic mass is 19.2. The number of alkyl halides is 1. The van der Waals surface area contributed by atoms with E-state index in [1.165, 1.54) is 0 Å². The molecule has 1 aliphatic carbocycles. The number of benzene rings is 1. The quantitative estimate of drug-likeness (QED) is 0.665. The van der Waals surface area contributed by atoms with E-state index in [9.17, 15) is 22.8 Å². The van der Waals surface area contributed by atoms with Crippen LogP contribution in [0.4, 0.5) is 18.0 Å². The van der Waals surface area contributed by atoms with Crippen molar-refractivity contribution in [2.75, 3.05) is 13.1 Å². The van der Waals surface area contributed by atoms with Gasteiger partial charge in [0.05, 0.1) is 11.5 Å². The molecule has 1 heterocycles. The molecule has 0 unspecified atom stereocenters. The van der Waals surface area contributed by atoms with Crippen molar-refractivity contribution in [3.63, 3.8) is 0 Å². The minimum atomic E-state index is -2.29. The summed E-state index contributed by atoms with van der Waals surface area (Å²) < 4.78 is 47.7. The summed E-state index contributed by atoms with van der Waals surface area (Å²) >= 11 is 0. The van der Waals surface area contributed by atoms with Crippen LogP contribution < -0.4 is 5.73 Å². The Labute approximate surface area is 142 Å². The van der Waals surface area contributed by atoms with Crippen LogP contribution in [0.3, 0.4) is 0 Å². The van der Waals surface area contributed by atoms with E-state index in [1.807, 2.05) is 0 Å². The first kappa shape index (κ1) is 17.7. The van der Waals surface area contributed by atoms with Gasteiger partial charge in [0.2, 0.25) is 0 Å². The highest BCUT2D eigenvalue weighted by molar-refractivity contribution is 5.85. The van der Waals surface area contributed by atoms with Crippen molar-refractivity contribution >= 4 is 12.1 Å². The SMILES string of the molecule is NC(=O)OC(=O)C1CC(F)(c2c(F)cc(CN3CCCC3)cc2F)C1. The summed E-state index contributed by atoms with van der Waals surface area (Å²) in [5.41, 5.74) is 2.22. The van der Waals surface area contributed by atoms with Crippen molar-refractivity contribution in [3.8, 4) is 0 Å². The van der Waals surface area contributed by atoms with Crippen LogP contribution in [0.5, 0.6) is 0 Å². The van der Waals surface area contributed by atoms with E-state index < -0.39 is 53.7 Å². The van der Waals surface area contributed by atoms with Gasteiger partial charge in [0.25, 0.3) is 0 Å². The molecule has 2 fully saturated rings. The van der Waals surface area contributed by atoms with Crippen molar-refractivity contribution in [2.24, 2.45) is 11.7 Å². The fraction of sp³-hybridized carbons (Fsp3) is 0.529. The summed E-state index contributed by atoms with van der Waals surface area (Å²) in [4.78, 5) is 24.1. The van der Waals surface area contributed by atoms with Crippen LogP contribution in [0.1, 0.15) is 36.8 Å². The van der Waals surface area contributed by atoms with E-state index in [-0.39, 0.29) is 0 Å². The molecule has 25 heavy (non-hydrogen) atoms. The first-order valence-corrected chi connectivity index (χ1v) is 8.19. The molecule has 8 heteroatoms. The third-order valence-electron chi connectivity index (χ3n) is 4.83. The van der Waals surface area contributed by atoms with Gasteiger partial charge in [0.1, 0.15) is 17.3 Å². The van der Waals surface area contributed by atoms with Crippen LogP contribution in [0.15, 0.2) is 12.1 Å².